The molecule has 2 nitrogen and oxygen atoms in total. The summed E-state index contributed by atoms with van der Waals surface area (Å²) in [5, 5.41) is 0. The molecule has 0 bridgehead atoms. The van der Waals surface area contributed by atoms with Gasteiger partial charge in [0.1, 0.15) is 0 Å². The van der Waals surface area contributed by atoms with Crippen LogP contribution in [0.5, 0.6) is 0 Å². The van der Waals surface area contributed by atoms with Crippen molar-refractivity contribution in [3.05, 3.63) is 12.7 Å². The molecular weight excluding hydrogens is 496 g/mol. The van der Waals surface area contributed by atoms with Crippen molar-refractivity contribution in [2.24, 2.45) is 0 Å². The minimum absolute atomic E-state index is 0.281. The van der Waals surface area contributed by atoms with E-state index in [1.54, 1.807) is 0 Å². The van der Waals surface area contributed by atoms with Gasteiger partial charge in [-0.3, -0.25) is 0 Å². The maximum absolute atomic E-state index is 10.9. The van der Waals surface area contributed by atoms with Crippen LogP contribution in [0, 0.1) is 0 Å². The summed E-state index contributed by atoms with van der Waals surface area (Å²) in [6, 6.07) is 0. The number of ether oxygens (including phenoxy) is 1. The van der Waals surface area contributed by atoms with E-state index in [0.717, 1.165) is 6.42 Å². The van der Waals surface area contributed by atoms with Crippen LogP contribution in [0.1, 0.15) is 116 Å². The van der Waals surface area contributed by atoms with Gasteiger partial charge in [0.05, 0.1) is 9.46 Å². The van der Waals surface area contributed by atoms with Crippen LogP contribution in [0.15, 0.2) is 12.7 Å². The zero-order valence-corrected chi connectivity index (χ0v) is 23.5. The van der Waals surface area contributed by atoms with Gasteiger partial charge in [-0.2, -0.15) is 0 Å². The highest BCUT2D eigenvalue weighted by Crippen LogP contribution is 2.28. The first-order valence-electron chi connectivity index (χ1n) is 11.6. The molecule has 0 radical (unpaired) electrons. The van der Waals surface area contributed by atoms with Gasteiger partial charge in [-0.05, 0) is 12.8 Å². The third-order valence-corrected chi connectivity index (χ3v) is 6.46. The Bertz CT molecular complexity index is 370. The van der Waals surface area contributed by atoms with Crippen molar-refractivity contribution in [1.82, 2.24) is 0 Å². The quantitative estimate of drug-likeness (QED) is 0.0494. The van der Waals surface area contributed by atoms with Gasteiger partial charge in [-0.25, -0.2) is 4.79 Å². The normalized spacial score (nSPS) is 11.6. The van der Waals surface area contributed by atoms with E-state index in [0.29, 0.717) is 6.61 Å². The molecule has 5 heteroatoms. The zero-order chi connectivity index (χ0) is 20.9. The number of hydrogen-bond acceptors (Lipinski definition) is 2. The minimum Gasteiger partial charge on any atom is -0.463 e. The van der Waals surface area contributed by atoms with Crippen molar-refractivity contribution < 1.29 is 9.53 Å². The molecule has 0 unspecified atom stereocenters. The average molecular weight is 540 g/mol. The molecule has 0 saturated heterocycles. The number of hydrogen-bond donors (Lipinski definition) is 0. The second kappa shape index (κ2) is 20.7. The van der Waals surface area contributed by atoms with E-state index < -0.39 is 0 Å². The van der Waals surface area contributed by atoms with Crippen LogP contribution < -0.4 is 0 Å². The van der Waals surface area contributed by atoms with E-state index in [1.807, 2.05) is 0 Å². The number of carbonyl (C=O) groups is 1. The number of alkyl halides is 2. The van der Waals surface area contributed by atoms with Crippen molar-refractivity contribution in [3.63, 3.8) is 0 Å². The highest BCUT2D eigenvalue weighted by molar-refractivity contribution is 9.26. The van der Waals surface area contributed by atoms with Crippen molar-refractivity contribution in [3.8, 4) is 0 Å². The fourth-order valence-electron chi connectivity index (χ4n) is 3.42. The van der Waals surface area contributed by atoms with Gasteiger partial charge in [0.25, 0.3) is 0 Å². The zero-order valence-electron chi connectivity index (χ0n) is 18.3. The summed E-state index contributed by atoms with van der Waals surface area (Å²) in [5.74, 6) is -0.301. The Hall–Kier alpha value is 0.387. The Kier molecular flexibility index (Phi) is 20.9. The van der Waals surface area contributed by atoms with Crippen molar-refractivity contribution in [2.75, 3.05) is 6.61 Å². The number of esters is 1. The van der Waals surface area contributed by atoms with Crippen molar-refractivity contribution >= 4 is 48.1 Å². The van der Waals surface area contributed by atoms with Gasteiger partial charge in [0.15, 0.2) is 0 Å². The SMILES string of the molecule is C=CC(=O)OCCCCCCCCCCCCCCCCCCCC([SiH3])(Br)Br. The topological polar surface area (TPSA) is 26.3 Å². The molecule has 0 saturated carbocycles. The Morgan fingerprint density at radius 2 is 1.04 bits per heavy atom. The first kappa shape index (κ1) is 28.4. The fraction of sp³-hybridized carbons (Fsp3) is 0.870. The first-order chi connectivity index (χ1) is 13.5. The molecule has 0 N–H and O–H groups in total. The largest absolute Gasteiger partial charge is 0.463 e. The predicted molar refractivity (Wildman–Crippen MR) is 135 cm³/mol. The van der Waals surface area contributed by atoms with Crippen LogP contribution in [-0.4, -0.2) is 25.7 Å². The Morgan fingerprint density at radius 3 is 1.36 bits per heavy atom. The number of halogens is 2. The third-order valence-electron chi connectivity index (χ3n) is 5.17. The molecule has 0 atom stereocenters. The van der Waals surface area contributed by atoms with E-state index in [-0.39, 0.29) is 8.83 Å². The van der Waals surface area contributed by atoms with Crippen molar-refractivity contribution in [1.29, 1.82) is 0 Å². The summed E-state index contributed by atoms with van der Waals surface area (Å²) in [6.45, 7) is 3.93. The molecule has 0 fully saturated rings. The van der Waals surface area contributed by atoms with Crippen LogP contribution >= 0.6 is 31.9 Å². The first-order valence-corrected chi connectivity index (χ1v) is 14.2. The van der Waals surface area contributed by atoms with Crippen LogP contribution in [0.25, 0.3) is 0 Å². The molecule has 28 heavy (non-hydrogen) atoms. The molecule has 0 amide bonds. The molecule has 166 valence electrons. The van der Waals surface area contributed by atoms with E-state index >= 15 is 0 Å². The highest BCUT2D eigenvalue weighted by Gasteiger charge is 2.13. The lowest BCUT2D eigenvalue weighted by atomic mass is 10.0. The van der Waals surface area contributed by atoms with E-state index in [9.17, 15) is 4.79 Å². The Morgan fingerprint density at radius 1 is 0.714 bits per heavy atom. The summed E-state index contributed by atoms with van der Waals surface area (Å²) in [4.78, 5) is 10.9. The lowest BCUT2D eigenvalue weighted by Gasteiger charge is -2.13. The van der Waals surface area contributed by atoms with Crippen molar-refractivity contribution in [2.45, 2.75) is 118 Å². The van der Waals surface area contributed by atoms with Gasteiger partial charge < -0.3 is 4.74 Å². The summed E-state index contributed by atoms with van der Waals surface area (Å²) in [6.07, 6.45) is 25.5. The standard InChI is InChI=1S/C23H44Br2O2Si/c1-2-22(26)27-21-19-17-15-13-11-9-7-5-3-4-6-8-10-12-14-16-18-20-23(24,25)28/h2H,1,3-21H2,28H3. The molecule has 0 aliphatic heterocycles. The predicted octanol–water partition coefficient (Wildman–Crippen LogP) is 7.55. The lowest BCUT2D eigenvalue weighted by molar-refractivity contribution is -0.137. The molecule has 0 aliphatic carbocycles. The number of rotatable bonds is 21. The van der Waals surface area contributed by atoms with Gasteiger partial charge in [-0.1, -0.05) is 141 Å². The molecular formula is C23H44Br2O2Si. The fourth-order valence-corrected chi connectivity index (χ4v) is 4.34. The maximum atomic E-state index is 10.9. The van der Waals surface area contributed by atoms with Crippen LogP contribution in [0.4, 0.5) is 0 Å². The van der Waals surface area contributed by atoms with Gasteiger partial charge >= 0.3 is 5.97 Å². The van der Waals surface area contributed by atoms with E-state index in [2.05, 4.69) is 38.4 Å². The Balaban J connectivity index is 3.07. The smallest absolute Gasteiger partial charge is 0.330 e. The summed E-state index contributed by atoms with van der Waals surface area (Å²) < 4.78 is 5.25. The van der Waals surface area contributed by atoms with Gasteiger partial charge in [0.2, 0.25) is 0 Å². The van der Waals surface area contributed by atoms with Crippen LogP contribution in [-0.2, 0) is 9.53 Å². The lowest BCUT2D eigenvalue weighted by Crippen LogP contribution is -2.09. The summed E-state index contributed by atoms with van der Waals surface area (Å²) in [5.41, 5.74) is 0. The number of carbonyl (C=O) groups excluding carboxylic acids is 1. The molecule has 0 rings (SSSR count). The highest BCUT2D eigenvalue weighted by atomic mass is 79.9. The second-order valence-electron chi connectivity index (χ2n) is 8.20. The Labute approximate surface area is 194 Å². The summed E-state index contributed by atoms with van der Waals surface area (Å²) in [7, 11) is 1.17. The second-order valence-corrected chi connectivity index (χ2v) is 17.4. The van der Waals surface area contributed by atoms with Crippen LogP contribution in [0.2, 0.25) is 0 Å². The van der Waals surface area contributed by atoms with Gasteiger partial charge in [-0.15, -0.1) is 0 Å². The van der Waals surface area contributed by atoms with E-state index in [1.165, 1.54) is 125 Å². The van der Waals surface area contributed by atoms with E-state index in [4.69, 9.17) is 4.74 Å². The average Bonchev–Trinajstić information content (AvgIpc) is 2.65. The van der Waals surface area contributed by atoms with Gasteiger partial charge in [0, 0.05) is 16.3 Å². The molecule has 0 aromatic rings. The molecule has 0 spiro atoms. The minimum atomic E-state index is -0.301. The number of unbranched alkanes of at least 4 members (excludes halogenated alkanes) is 16. The molecule has 0 aliphatic rings. The molecule has 0 heterocycles. The third kappa shape index (κ3) is 24.4. The van der Waals surface area contributed by atoms with Crippen LogP contribution in [0.3, 0.4) is 0 Å². The maximum Gasteiger partial charge on any atom is 0.330 e. The summed E-state index contributed by atoms with van der Waals surface area (Å²) >= 11 is 7.40. The molecule has 0 aromatic carbocycles. The molecule has 0 aromatic heterocycles. The monoisotopic (exact) mass is 538 g/mol.